The predicted octanol–water partition coefficient (Wildman–Crippen LogP) is 3.89. The Morgan fingerprint density at radius 2 is 1.68 bits per heavy atom. The number of methoxy groups -OCH3 is 1. The SMILES string of the molecule is COc1ccccc1NS(=O)(=O)c1ccc(C(=O)Nc2cccc(F)c2)cc1. The summed E-state index contributed by atoms with van der Waals surface area (Å²) in [5.41, 5.74) is 0.845. The molecule has 0 bridgehead atoms. The lowest BCUT2D eigenvalue weighted by atomic mass is 10.2. The van der Waals surface area contributed by atoms with Crippen molar-refractivity contribution in [2.75, 3.05) is 17.1 Å². The number of sulfonamides is 1. The number of carbonyl (C=O) groups is 1. The summed E-state index contributed by atoms with van der Waals surface area (Å²) in [6.45, 7) is 0. The van der Waals surface area contributed by atoms with Crippen LogP contribution in [0.15, 0.2) is 77.7 Å². The highest BCUT2D eigenvalue weighted by Gasteiger charge is 2.17. The second-order valence-corrected chi connectivity index (χ2v) is 7.48. The zero-order valence-corrected chi connectivity index (χ0v) is 15.7. The number of halogens is 1. The van der Waals surface area contributed by atoms with Gasteiger partial charge in [-0.05, 0) is 54.6 Å². The Kier molecular flexibility index (Phi) is 5.60. The lowest BCUT2D eigenvalue weighted by molar-refractivity contribution is 0.102. The maximum atomic E-state index is 13.2. The summed E-state index contributed by atoms with van der Waals surface area (Å²) in [7, 11) is -2.42. The fraction of sp³-hybridized carbons (Fsp3) is 0.0500. The third-order valence-corrected chi connectivity index (χ3v) is 5.24. The molecule has 0 aromatic heterocycles. The number of nitrogens with one attached hydrogen (secondary N) is 2. The van der Waals surface area contributed by atoms with Crippen molar-refractivity contribution in [3.8, 4) is 5.75 Å². The molecule has 0 fully saturated rings. The lowest BCUT2D eigenvalue weighted by Gasteiger charge is -2.12. The molecule has 0 atom stereocenters. The Balaban J connectivity index is 1.76. The van der Waals surface area contributed by atoms with E-state index in [2.05, 4.69) is 10.0 Å². The third-order valence-electron chi connectivity index (χ3n) is 3.86. The molecule has 0 saturated heterocycles. The Morgan fingerprint density at radius 3 is 2.36 bits per heavy atom. The molecule has 0 heterocycles. The number of amides is 1. The second kappa shape index (κ2) is 8.10. The zero-order chi connectivity index (χ0) is 20.1. The second-order valence-electron chi connectivity index (χ2n) is 5.79. The molecule has 0 unspecified atom stereocenters. The van der Waals surface area contributed by atoms with E-state index in [-0.39, 0.29) is 10.5 Å². The third kappa shape index (κ3) is 4.47. The maximum Gasteiger partial charge on any atom is 0.262 e. The van der Waals surface area contributed by atoms with Crippen molar-refractivity contribution in [1.82, 2.24) is 0 Å². The molecule has 3 aromatic carbocycles. The first-order valence-electron chi connectivity index (χ1n) is 8.22. The minimum atomic E-state index is -3.86. The minimum absolute atomic E-state index is 0.0132. The van der Waals surface area contributed by atoms with Crippen LogP contribution in [0.25, 0.3) is 0 Å². The van der Waals surface area contributed by atoms with E-state index in [1.54, 1.807) is 30.3 Å². The predicted molar refractivity (Wildman–Crippen MR) is 105 cm³/mol. The molecule has 0 aliphatic carbocycles. The summed E-state index contributed by atoms with van der Waals surface area (Å²) < 4.78 is 45.9. The number of anilines is 2. The van der Waals surface area contributed by atoms with Crippen LogP contribution in [0.3, 0.4) is 0 Å². The van der Waals surface area contributed by atoms with Crippen molar-refractivity contribution < 1.29 is 22.3 Å². The Bertz CT molecular complexity index is 1100. The summed E-state index contributed by atoms with van der Waals surface area (Å²) in [5.74, 6) is -0.564. The van der Waals surface area contributed by atoms with E-state index in [1.807, 2.05) is 0 Å². The number of rotatable bonds is 6. The number of hydrogen-bond acceptors (Lipinski definition) is 4. The molecule has 0 spiro atoms. The van der Waals surface area contributed by atoms with Gasteiger partial charge in [0.05, 0.1) is 17.7 Å². The van der Waals surface area contributed by atoms with E-state index in [9.17, 15) is 17.6 Å². The molecule has 0 radical (unpaired) electrons. The van der Waals surface area contributed by atoms with Gasteiger partial charge in [0.1, 0.15) is 11.6 Å². The summed E-state index contributed by atoms with van der Waals surface area (Å²) in [5, 5.41) is 2.55. The number of para-hydroxylation sites is 2. The van der Waals surface area contributed by atoms with Crippen LogP contribution in [0.2, 0.25) is 0 Å². The van der Waals surface area contributed by atoms with Gasteiger partial charge in [-0.25, -0.2) is 12.8 Å². The summed E-state index contributed by atoms with van der Waals surface area (Å²) >= 11 is 0. The Morgan fingerprint density at radius 1 is 0.964 bits per heavy atom. The number of ether oxygens (including phenoxy) is 1. The fourth-order valence-corrected chi connectivity index (χ4v) is 3.56. The van der Waals surface area contributed by atoms with Crippen LogP contribution in [0.5, 0.6) is 5.75 Å². The van der Waals surface area contributed by atoms with Crippen LogP contribution in [0.1, 0.15) is 10.4 Å². The molecule has 8 heteroatoms. The molecule has 1 amide bonds. The van der Waals surface area contributed by atoms with Gasteiger partial charge in [-0.3, -0.25) is 9.52 Å². The molecule has 0 saturated carbocycles. The van der Waals surface area contributed by atoms with Crippen molar-refractivity contribution in [2.24, 2.45) is 0 Å². The van der Waals surface area contributed by atoms with Gasteiger partial charge in [0.2, 0.25) is 0 Å². The van der Waals surface area contributed by atoms with Crippen molar-refractivity contribution in [2.45, 2.75) is 4.90 Å². The van der Waals surface area contributed by atoms with Gasteiger partial charge in [-0.15, -0.1) is 0 Å². The first kappa shape index (κ1) is 19.4. The molecule has 0 aliphatic rings. The van der Waals surface area contributed by atoms with Gasteiger partial charge in [0, 0.05) is 11.3 Å². The monoisotopic (exact) mass is 400 g/mol. The van der Waals surface area contributed by atoms with Gasteiger partial charge >= 0.3 is 0 Å². The molecular formula is C20H17FN2O4S. The van der Waals surface area contributed by atoms with Crippen molar-refractivity contribution >= 4 is 27.3 Å². The highest BCUT2D eigenvalue weighted by molar-refractivity contribution is 7.92. The smallest absolute Gasteiger partial charge is 0.262 e. The van der Waals surface area contributed by atoms with E-state index >= 15 is 0 Å². The van der Waals surface area contributed by atoms with E-state index in [0.29, 0.717) is 17.1 Å². The summed E-state index contributed by atoms with van der Waals surface area (Å²) in [4.78, 5) is 12.2. The summed E-state index contributed by atoms with van der Waals surface area (Å²) in [6, 6.07) is 17.5. The van der Waals surface area contributed by atoms with Crippen molar-refractivity contribution in [1.29, 1.82) is 0 Å². The van der Waals surface area contributed by atoms with E-state index in [4.69, 9.17) is 4.74 Å². The van der Waals surface area contributed by atoms with E-state index < -0.39 is 21.7 Å². The van der Waals surface area contributed by atoms with Crippen molar-refractivity contribution in [3.05, 3.63) is 84.2 Å². The van der Waals surface area contributed by atoms with Gasteiger partial charge in [0.15, 0.2) is 0 Å². The molecule has 2 N–H and O–H groups in total. The quantitative estimate of drug-likeness (QED) is 0.658. The Hall–Kier alpha value is -3.39. The van der Waals surface area contributed by atoms with Crippen molar-refractivity contribution in [3.63, 3.8) is 0 Å². The van der Waals surface area contributed by atoms with E-state index in [1.165, 1.54) is 49.6 Å². The van der Waals surface area contributed by atoms with E-state index in [0.717, 1.165) is 0 Å². The summed E-state index contributed by atoms with van der Waals surface area (Å²) in [6.07, 6.45) is 0. The maximum absolute atomic E-state index is 13.2. The number of carbonyl (C=O) groups excluding carboxylic acids is 1. The lowest BCUT2D eigenvalue weighted by Crippen LogP contribution is -2.15. The molecule has 6 nitrogen and oxygen atoms in total. The molecule has 3 aromatic rings. The van der Waals surface area contributed by atoms with Crippen LogP contribution in [0, 0.1) is 5.82 Å². The number of hydrogen-bond donors (Lipinski definition) is 2. The highest BCUT2D eigenvalue weighted by atomic mass is 32.2. The average Bonchev–Trinajstić information content (AvgIpc) is 2.68. The molecule has 144 valence electrons. The topological polar surface area (TPSA) is 84.5 Å². The zero-order valence-electron chi connectivity index (χ0n) is 14.8. The van der Waals surface area contributed by atoms with Crippen LogP contribution in [-0.4, -0.2) is 21.4 Å². The normalized spacial score (nSPS) is 10.9. The van der Waals surface area contributed by atoms with Gasteiger partial charge < -0.3 is 10.1 Å². The largest absolute Gasteiger partial charge is 0.495 e. The highest BCUT2D eigenvalue weighted by Crippen LogP contribution is 2.26. The van der Waals surface area contributed by atoms with Crippen LogP contribution < -0.4 is 14.8 Å². The standard InChI is InChI=1S/C20H17FN2O4S/c1-27-19-8-3-2-7-18(19)23-28(25,26)17-11-9-14(10-12-17)20(24)22-16-6-4-5-15(21)13-16/h2-13,23H,1H3,(H,22,24). The minimum Gasteiger partial charge on any atom is -0.495 e. The fourth-order valence-electron chi connectivity index (χ4n) is 2.49. The molecule has 0 aliphatic heterocycles. The van der Waals surface area contributed by atoms with Crippen LogP contribution >= 0.6 is 0 Å². The van der Waals surface area contributed by atoms with Crippen LogP contribution in [-0.2, 0) is 10.0 Å². The number of benzene rings is 3. The molecule has 3 rings (SSSR count). The molecule has 28 heavy (non-hydrogen) atoms. The molecular weight excluding hydrogens is 383 g/mol. The Labute approximate surface area is 162 Å². The average molecular weight is 400 g/mol. The first-order valence-corrected chi connectivity index (χ1v) is 9.70. The van der Waals surface area contributed by atoms with Crippen LogP contribution in [0.4, 0.5) is 15.8 Å². The first-order chi connectivity index (χ1) is 13.4. The van der Waals surface area contributed by atoms with Gasteiger partial charge in [-0.2, -0.15) is 0 Å². The van der Waals surface area contributed by atoms with Gasteiger partial charge in [0.25, 0.3) is 15.9 Å². The van der Waals surface area contributed by atoms with Gasteiger partial charge in [-0.1, -0.05) is 18.2 Å².